The number of hydrogen-bond donors (Lipinski definition) is 0. The van der Waals surface area contributed by atoms with Gasteiger partial charge < -0.3 is 28.7 Å². The van der Waals surface area contributed by atoms with Gasteiger partial charge in [0.2, 0.25) is 0 Å². The van der Waals surface area contributed by atoms with Crippen molar-refractivity contribution in [3.8, 4) is 11.1 Å². The molecule has 0 saturated carbocycles. The Morgan fingerprint density at radius 2 is 1.29 bits per heavy atom. The van der Waals surface area contributed by atoms with Crippen molar-refractivity contribution in [2.75, 3.05) is 0 Å². The van der Waals surface area contributed by atoms with Crippen LogP contribution in [0.15, 0.2) is 48.5 Å². The van der Waals surface area contributed by atoms with Crippen LogP contribution in [0.2, 0.25) is 0 Å². The summed E-state index contributed by atoms with van der Waals surface area (Å²) < 4.78 is 22.5. The van der Waals surface area contributed by atoms with E-state index in [2.05, 4.69) is 0 Å². The first-order valence-electron chi connectivity index (χ1n) is 5.45. The van der Waals surface area contributed by atoms with Crippen LogP contribution >= 0.6 is 15.2 Å². The first-order chi connectivity index (χ1) is 9.21. The number of rotatable bonds is 3. The van der Waals surface area contributed by atoms with Crippen molar-refractivity contribution in [3.63, 3.8) is 0 Å². The first-order valence-corrected chi connectivity index (χ1v) is 8.53. The van der Waals surface area contributed by atoms with E-state index < -0.39 is 25.8 Å². The Bertz CT molecular complexity index is 722. The molecular formula is C12H8O6P2Zr. The molecule has 2 aromatic rings. The fourth-order valence-corrected chi connectivity index (χ4v) is 4.13. The van der Waals surface area contributed by atoms with E-state index in [1.165, 1.54) is 24.3 Å². The summed E-state index contributed by atoms with van der Waals surface area (Å²) in [5.74, 6) is 0. The molecule has 9 heteroatoms. The van der Waals surface area contributed by atoms with Crippen LogP contribution in [-0.4, -0.2) is 0 Å². The summed E-state index contributed by atoms with van der Waals surface area (Å²) in [6.07, 6.45) is 0. The second-order valence-electron chi connectivity index (χ2n) is 4.03. The molecule has 0 aliphatic carbocycles. The van der Waals surface area contributed by atoms with E-state index >= 15 is 0 Å². The fourth-order valence-electron chi connectivity index (χ4n) is 1.89. The van der Waals surface area contributed by atoms with Gasteiger partial charge in [-0.1, -0.05) is 48.5 Å². The van der Waals surface area contributed by atoms with E-state index in [0.29, 0.717) is 5.56 Å². The van der Waals surface area contributed by atoms with Crippen LogP contribution in [0.25, 0.3) is 11.1 Å². The van der Waals surface area contributed by atoms with Gasteiger partial charge in [-0.2, -0.15) is 0 Å². The average Bonchev–Trinajstić information content (AvgIpc) is 2.37. The van der Waals surface area contributed by atoms with Crippen LogP contribution in [-0.2, 0) is 35.3 Å². The van der Waals surface area contributed by atoms with Crippen LogP contribution in [0.3, 0.4) is 0 Å². The molecule has 0 unspecified atom stereocenters. The maximum Gasteiger partial charge on any atom is 4.00 e. The minimum absolute atomic E-state index is 0. The predicted molar refractivity (Wildman–Crippen MR) is 66.4 cm³/mol. The predicted octanol–water partition coefficient (Wildman–Crippen LogP) is -1.57. The molecule has 6 nitrogen and oxygen atoms in total. The first kappa shape index (κ1) is 18.7. The van der Waals surface area contributed by atoms with Gasteiger partial charge in [-0.25, -0.2) is 0 Å². The Balaban J connectivity index is 0.00000220. The van der Waals surface area contributed by atoms with Crippen LogP contribution in [0.1, 0.15) is 0 Å². The van der Waals surface area contributed by atoms with Crippen LogP contribution in [0.4, 0.5) is 0 Å². The Morgan fingerprint density at radius 3 is 1.76 bits per heavy atom. The van der Waals surface area contributed by atoms with Crippen LogP contribution in [0, 0.1) is 0 Å². The quantitative estimate of drug-likeness (QED) is 0.572. The van der Waals surface area contributed by atoms with E-state index in [4.69, 9.17) is 0 Å². The summed E-state index contributed by atoms with van der Waals surface area (Å²) in [7, 11) is -10.8. The Kier molecular flexibility index (Phi) is 6.05. The molecular weight excluding hydrogens is 393 g/mol. The molecule has 0 heterocycles. The summed E-state index contributed by atoms with van der Waals surface area (Å²) in [5, 5.41) is -1.97. The molecule has 21 heavy (non-hydrogen) atoms. The van der Waals surface area contributed by atoms with Crippen molar-refractivity contribution >= 4 is 25.8 Å². The van der Waals surface area contributed by atoms with Gasteiger partial charge in [0.05, 0.1) is 0 Å². The van der Waals surface area contributed by atoms with E-state index in [1.54, 1.807) is 18.2 Å². The molecule has 2 aromatic carbocycles. The second kappa shape index (κ2) is 6.81. The summed E-state index contributed by atoms with van der Waals surface area (Å²) in [6.45, 7) is 0. The normalized spacial score (nSPS) is 11.8. The van der Waals surface area contributed by atoms with Crippen molar-refractivity contribution in [3.05, 3.63) is 48.5 Å². The zero-order valence-electron chi connectivity index (χ0n) is 10.5. The van der Waals surface area contributed by atoms with Gasteiger partial charge in [-0.3, -0.25) is 0 Å². The molecule has 106 valence electrons. The average molecular weight is 401 g/mol. The van der Waals surface area contributed by atoms with Gasteiger partial charge in [0.15, 0.2) is 0 Å². The van der Waals surface area contributed by atoms with E-state index in [0.717, 1.165) is 6.07 Å². The van der Waals surface area contributed by atoms with Crippen LogP contribution in [0.5, 0.6) is 0 Å². The standard InChI is InChI=1S/C12H12O6P2.Zr/c13-19(14,15)11-8-4-7-10(12(11)20(16,17)18)9-5-2-1-3-6-9;/h1-8H,(H2,13,14,15)(H2,16,17,18);/q;+4/p-4. The molecule has 0 fully saturated rings. The van der Waals surface area contributed by atoms with Gasteiger partial charge in [0.25, 0.3) is 0 Å². The minimum Gasteiger partial charge on any atom is -0.807 e. The topological polar surface area (TPSA) is 126 Å². The molecule has 0 saturated heterocycles. The van der Waals surface area contributed by atoms with Gasteiger partial charge in [0.1, 0.15) is 0 Å². The van der Waals surface area contributed by atoms with E-state index in [9.17, 15) is 28.7 Å². The summed E-state index contributed by atoms with van der Waals surface area (Å²) in [5.41, 5.74) is 0.244. The monoisotopic (exact) mass is 400 g/mol. The number of hydrogen-bond acceptors (Lipinski definition) is 6. The minimum atomic E-state index is -5.43. The maximum absolute atomic E-state index is 11.4. The molecule has 0 spiro atoms. The molecule has 0 atom stereocenters. The van der Waals surface area contributed by atoms with Crippen LogP contribution < -0.4 is 30.2 Å². The molecule has 0 aliphatic rings. The summed E-state index contributed by atoms with van der Waals surface area (Å²) >= 11 is 0. The molecule has 0 radical (unpaired) electrons. The molecule has 2 rings (SSSR count). The van der Waals surface area contributed by atoms with E-state index in [1.807, 2.05) is 0 Å². The van der Waals surface area contributed by atoms with Gasteiger partial charge in [-0.05, 0) is 31.6 Å². The van der Waals surface area contributed by atoms with E-state index in [-0.39, 0.29) is 31.8 Å². The molecule has 0 bridgehead atoms. The molecule has 0 aliphatic heterocycles. The molecule has 0 aromatic heterocycles. The SMILES string of the molecule is O=P([O-])([O-])c1cccc(-c2ccccc2)c1P(=O)([O-])[O-].[Zr+4]. The summed E-state index contributed by atoms with van der Waals surface area (Å²) in [4.78, 5) is 45.1. The van der Waals surface area contributed by atoms with Crippen molar-refractivity contribution in [2.45, 2.75) is 0 Å². The number of benzene rings is 2. The second-order valence-corrected chi connectivity index (χ2v) is 6.95. The third kappa shape index (κ3) is 4.31. The third-order valence-electron chi connectivity index (χ3n) is 2.67. The Morgan fingerprint density at radius 1 is 0.714 bits per heavy atom. The smallest absolute Gasteiger partial charge is 0.807 e. The fraction of sp³-hybridized carbons (Fsp3) is 0. The van der Waals surface area contributed by atoms with Crippen molar-refractivity contribution < 1.29 is 54.9 Å². The van der Waals surface area contributed by atoms with Crippen molar-refractivity contribution in [2.24, 2.45) is 0 Å². The van der Waals surface area contributed by atoms with Gasteiger partial charge in [0, 0.05) is 5.30 Å². The maximum atomic E-state index is 11.4. The van der Waals surface area contributed by atoms with Crippen molar-refractivity contribution in [1.29, 1.82) is 0 Å². The largest absolute Gasteiger partial charge is 4.00 e. The third-order valence-corrected chi connectivity index (χ3v) is 4.84. The van der Waals surface area contributed by atoms with Crippen molar-refractivity contribution in [1.82, 2.24) is 0 Å². The zero-order valence-corrected chi connectivity index (χ0v) is 14.7. The van der Waals surface area contributed by atoms with Gasteiger partial charge in [-0.15, -0.1) is 0 Å². The van der Waals surface area contributed by atoms with Gasteiger partial charge >= 0.3 is 26.2 Å². The molecule has 0 amide bonds. The Labute approximate surface area is 140 Å². The Hall–Kier alpha value is -0.377. The zero-order chi connectivity index (χ0) is 15.0. The molecule has 0 N–H and O–H groups in total. The summed E-state index contributed by atoms with van der Waals surface area (Å²) in [6, 6.07) is 11.2.